The van der Waals surface area contributed by atoms with E-state index in [-0.39, 0.29) is 5.91 Å². The van der Waals surface area contributed by atoms with Gasteiger partial charge in [-0.3, -0.25) is 4.79 Å². The smallest absolute Gasteiger partial charge is 0.255 e. The quantitative estimate of drug-likeness (QED) is 0.583. The molecule has 5 nitrogen and oxygen atoms in total. The minimum absolute atomic E-state index is 0.321. The Balaban J connectivity index is 1.78. The fourth-order valence-corrected chi connectivity index (χ4v) is 2.87. The standard InChI is InChI=1S/C19H19N3O2S/c1-25(21,24)16-9-7-15(8-10-16)19(23)22-18-12-14(6-11-17(18)20)5-4-13-2-3-13/h6-13,21H,2-3,20H2,1H3,(H,22,23). The van der Waals surface area contributed by atoms with Crippen LogP contribution in [0.25, 0.3) is 0 Å². The minimum atomic E-state index is -2.79. The topological polar surface area (TPSA) is 96.0 Å². The van der Waals surface area contributed by atoms with Crippen molar-refractivity contribution in [2.45, 2.75) is 17.7 Å². The van der Waals surface area contributed by atoms with Gasteiger partial charge in [0.1, 0.15) is 0 Å². The molecule has 0 radical (unpaired) electrons. The molecular formula is C19H19N3O2S. The Hall–Kier alpha value is -2.78. The number of rotatable bonds is 3. The molecule has 1 amide bonds. The summed E-state index contributed by atoms with van der Waals surface area (Å²) in [5.41, 5.74) is 8.13. The van der Waals surface area contributed by atoms with Crippen LogP contribution in [0.4, 0.5) is 11.4 Å². The van der Waals surface area contributed by atoms with Gasteiger partial charge in [-0.15, -0.1) is 0 Å². The van der Waals surface area contributed by atoms with Crippen molar-refractivity contribution < 1.29 is 9.00 Å². The predicted molar refractivity (Wildman–Crippen MR) is 99.9 cm³/mol. The highest BCUT2D eigenvalue weighted by atomic mass is 32.2. The van der Waals surface area contributed by atoms with Crippen molar-refractivity contribution >= 4 is 27.0 Å². The van der Waals surface area contributed by atoms with E-state index in [9.17, 15) is 9.00 Å². The van der Waals surface area contributed by atoms with Gasteiger partial charge < -0.3 is 11.1 Å². The second-order valence-electron chi connectivity index (χ2n) is 6.17. The van der Waals surface area contributed by atoms with Crippen LogP contribution in [0.15, 0.2) is 47.4 Å². The fraction of sp³-hybridized carbons (Fsp3) is 0.211. The van der Waals surface area contributed by atoms with Crippen molar-refractivity contribution in [3.8, 4) is 11.8 Å². The Kier molecular flexibility index (Phi) is 4.51. The summed E-state index contributed by atoms with van der Waals surface area (Å²) in [5, 5.41) is 2.78. The summed E-state index contributed by atoms with van der Waals surface area (Å²) < 4.78 is 19.2. The maximum Gasteiger partial charge on any atom is 0.255 e. The Morgan fingerprint density at radius 3 is 2.52 bits per heavy atom. The maximum absolute atomic E-state index is 12.4. The molecule has 6 heteroatoms. The van der Waals surface area contributed by atoms with Crippen molar-refractivity contribution in [2.75, 3.05) is 17.3 Å². The molecular weight excluding hydrogens is 334 g/mol. The number of benzene rings is 2. The van der Waals surface area contributed by atoms with Crippen LogP contribution in [-0.4, -0.2) is 16.4 Å². The number of nitrogen functional groups attached to an aromatic ring is 1. The van der Waals surface area contributed by atoms with Gasteiger partial charge in [0.2, 0.25) is 0 Å². The van der Waals surface area contributed by atoms with Gasteiger partial charge in [0.05, 0.1) is 21.1 Å². The van der Waals surface area contributed by atoms with E-state index < -0.39 is 9.73 Å². The van der Waals surface area contributed by atoms with Gasteiger partial charge in [0.15, 0.2) is 0 Å². The second-order valence-corrected chi connectivity index (χ2v) is 8.33. The van der Waals surface area contributed by atoms with Gasteiger partial charge in [0, 0.05) is 28.2 Å². The summed E-state index contributed by atoms with van der Waals surface area (Å²) in [5.74, 6) is 6.46. The molecule has 0 aromatic heterocycles. The van der Waals surface area contributed by atoms with E-state index >= 15 is 0 Å². The average Bonchev–Trinajstić information content (AvgIpc) is 3.39. The molecule has 0 spiro atoms. The van der Waals surface area contributed by atoms with Gasteiger partial charge in [0.25, 0.3) is 5.91 Å². The molecule has 2 aromatic rings. The van der Waals surface area contributed by atoms with Crippen molar-refractivity contribution in [1.82, 2.24) is 0 Å². The van der Waals surface area contributed by atoms with Crippen LogP contribution in [-0.2, 0) is 9.73 Å². The zero-order chi connectivity index (χ0) is 18.0. The average molecular weight is 353 g/mol. The molecule has 0 heterocycles. The van der Waals surface area contributed by atoms with Crippen LogP contribution in [0.5, 0.6) is 0 Å². The zero-order valence-electron chi connectivity index (χ0n) is 13.8. The van der Waals surface area contributed by atoms with Crippen LogP contribution in [0.1, 0.15) is 28.8 Å². The second kappa shape index (κ2) is 6.61. The largest absolute Gasteiger partial charge is 0.397 e. The van der Waals surface area contributed by atoms with Gasteiger partial charge in [-0.1, -0.05) is 11.8 Å². The lowest BCUT2D eigenvalue weighted by atomic mass is 10.1. The SMILES string of the molecule is CS(=N)(=O)c1ccc(C(=O)Nc2cc(C#CC3CC3)ccc2N)cc1. The lowest BCUT2D eigenvalue weighted by molar-refractivity contribution is 0.102. The van der Waals surface area contributed by atoms with E-state index in [0.29, 0.717) is 27.8 Å². The Morgan fingerprint density at radius 2 is 1.92 bits per heavy atom. The first-order valence-corrected chi connectivity index (χ1v) is 9.86. The number of carbonyl (C=O) groups excluding carboxylic acids is 1. The Labute approximate surface area is 147 Å². The highest BCUT2D eigenvalue weighted by Crippen LogP contribution is 2.28. The Morgan fingerprint density at radius 1 is 1.24 bits per heavy atom. The van der Waals surface area contributed by atoms with E-state index in [1.165, 1.54) is 18.4 Å². The number of amides is 1. The van der Waals surface area contributed by atoms with Crippen molar-refractivity contribution in [1.29, 1.82) is 4.78 Å². The third-order valence-corrected chi connectivity index (χ3v) is 5.04. The number of hydrogen-bond acceptors (Lipinski definition) is 4. The molecule has 1 aliphatic rings. The molecule has 0 bridgehead atoms. The molecule has 0 saturated heterocycles. The molecule has 1 saturated carbocycles. The summed E-state index contributed by atoms with van der Waals surface area (Å²) in [4.78, 5) is 12.8. The highest BCUT2D eigenvalue weighted by Gasteiger charge is 2.17. The summed E-state index contributed by atoms with van der Waals surface area (Å²) in [6.07, 6.45) is 3.66. The van der Waals surface area contributed by atoms with Crippen LogP contribution >= 0.6 is 0 Å². The molecule has 2 aromatic carbocycles. The molecule has 1 unspecified atom stereocenters. The molecule has 1 atom stereocenters. The van der Waals surface area contributed by atoms with Crippen LogP contribution < -0.4 is 11.1 Å². The van der Waals surface area contributed by atoms with Gasteiger partial charge >= 0.3 is 0 Å². The van der Waals surface area contributed by atoms with E-state index in [0.717, 1.165) is 18.4 Å². The molecule has 4 N–H and O–H groups in total. The molecule has 1 fully saturated rings. The van der Waals surface area contributed by atoms with E-state index in [4.69, 9.17) is 10.5 Å². The zero-order valence-corrected chi connectivity index (χ0v) is 14.7. The first-order valence-electron chi connectivity index (χ1n) is 7.89. The number of nitrogens with one attached hydrogen (secondary N) is 2. The monoisotopic (exact) mass is 353 g/mol. The Bertz CT molecular complexity index is 980. The highest BCUT2D eigenvalue weighted by molar-refractivity contribution is 7.91. The number of carbonyl (C=O) groups is 1. The minimum Gasteiger partial charge on any atom is -0.397 e. The third kappa shape index (κ3) is 4.40. The summed E-state index contributed by atoms with van der Waals surface area (Å²) in [7, 11) is -2.79. The van der Waals surface area contributed by atoms with Crippen molar-refractivity contribution in [3.63, 3.8) is 0 Å². The molecule has 0 aliphatic heterocycles. The van der Waals surface area contributed by atoms with Crippen molar-refractivity contribution in [2.24, 2.45) is 5.92 Å². The van der Waals surface area contributed by atoms with Gasteiger partial charge in [-0.2, -0.15) is 0 Å². The van der Waals surface area contributed by atoms with Crippen LogP contribution in [0, 0.1) is 22.5 Å². The van der Waals surface area contributed by atoms with Gasteiger partial charge in [-0.25, -0.2) is 8.99 Å². The molecule has 25 heavy (non-hydrogen) atoms. The number of nitrogens with two attached hydrogens (primary N) is 1. The lowest BCUT2D eigenvalue weighted by Gasteiger charge is -2.09. The summed E-state index contributed by atoms with van der Waals surface area (Å²) >= 11 is 0. The number of hydrogen-bond donors (Lipinski definition) is 3. The first-order chi connectivity index (χ1) is 11.8. The summed E-state index contributed by atoms with van der Waals surface area (Å²) in [6.45, 7) is 0. The third-order valence-electron chi connectivity index (χ3n) is 3.87. The van der Waals surface area contributed by atoms with Crippen molar-refractivity contribution in [3.05, 3.63) is 53.6 Å². The van der Waals surface area contributed by atoms with Crippen LogP contribution in [0.2, 0.25) is 0 Å². The van der Waals surface area contributed by atoms with E-state index in [2.05, 4.69) is 17.2 Å². The first kappa shape index (κ1) is 17.1. The number of anilines is 2. The van der Waals surface area contributed by atoms with E-state index in [1.807, 2.05) is 6.07 Å². The normalized spacial score (nSPS) is 15.6. The lowest BCUT2D eigenvalue weighted by Crippen LogP contribution is -2.13. The molecule has 3 rings (SSSR count). The molecule has 1 aliphatic carbocycles. The molecule has 128 valence electrons. The van der Waals surface area contributed by atoms with E-state index in [1.54, 1.807) is 24.3 Å². The summed E-state index contributed by atoms with van der Waals surface area (Å²) in [6, 6.07) is 11.5. The maximum atomic E-state index is 12.4. The van der Waals surface area contributed by atoms with Gasteiger partial charge in [-0.05, 0) is 55.3 Å². The fourth-order valence-electron chi connectivity index (χ4n) is 2.22. The van der Waals surface area contributed by atoms with Crippen LogP contribution in [0.3, 0.4) is 0 Å². The predicted octanol–water partition coefficient (Wildman–Crippen LogP) is 3.32.